The minimum absolute atomic E-state index is 0.0328. The molecule has 3 amide bonds. The molecule has 1 saturated heterocycles. The lowest BCUT2D eigenvalue weighted by Crippen LogP contribution is -2.31. The Morgan fingerprint density at radius 2 is 1.76 bits per heavy atom. The number of hydrogen-bond acceptors (Lipinski definition) is 5. The summed E-state index contributed by atoms with van der Waals surface area (Å²) in [5, 5.41) is 2.72. The topological polar surface area (TPSA) is 88.8 Å². The van der Waals surface area contributed by atoms with Crippen molar-refractivity contribution >= 4 is 40.2 Å². The number of rotatable bonds is 7. The van der Waals surface area contributed by atoms with Gasteiger partial charge in [-0.2, -0.15) is 31.3 Å². The summed E-state index contributed by atoms with van der Waals surface area (Å²) in [6.07, 6.45) is -6.88. The van der Waals surface area contributed by atoms with Crippen molar-refractivity contribution in [3.8, 4) is 22.7 Å². The lowest BCUT2D eigenvalue weighted by atomic mass is 10.1. The molecule has 0 radical (unpaired) electrons. The van der Waals surface area contributed by atoms with Crippen molar-refractivity contribution in [1.29, 1.82) is 0 Å². The van der Waals surface area contributed by atoms with Gasteiger partial charge in [0.05, 0.1) is 42.1 Å². The molecule has 0 atom stereocenters. The van der Waals surface area contributed by atoms with E-state index in [1.54, 1.807) is 54.9 Å². The lowest BCUT2D eigenvalue weighted by Gasteiger charge is -2.21. The Hall–Kier alpha value is -4.79. The van der Waals surface area contributed by atoms with Crippen molar-refractivity contribution in [1.82, 2.24) is 9.55 Å². The number of nitrogens with one attached hydrogen (secondary N) is 1. The summed E-state index contributed by atoms with van der Waals surface area (Å²) in [6, 6.07) is 13.7. The number of amidine groups is 1. The fraction of sp³-hybridized carbons (Fsp3) is 0.226. The highest BCUT2D eigenvalue weighted by Gasteiger charge is 2.34. The summed E-state index contributed by atoms with van der Waals surface area (Å²) in [5.74, 6) is -0.403. The third-order valence-corrected chi connectivity index (χ3v) is 7.72. The van der Waals surface area contributed by atoms with Crippen LogP contribution in [0.2, 0.25) is 0 Å². The van der Waals surface area contributed by atoms with E-state index in [0.29, 0.717) is 33.8 Å². The minimum atomic E-state index is -4.44. The summed E-state index contributed by atoms with van der Waals surface area (Å²) < 4.78 is 83.6. The van der Waals surface area contributed by atoms with E-state index in [1.807, 2.05) is 0 Å². The van der Waals surface area contributed by atoms with Crippen molar-refractivity contribution in [3.05, 3.63) is 89.9 Å². The zero-order valence-corrected chi connectivity index (χ0v) is 25.1. The Morgan fingerprint density at radius 1 is 1.02 bits per heavy atom. The quantitative estimate of drug-likeness (QED) is 0.202. The standard InChI is InChI=1S/C31H25F6N5O3S/c1-18-3-10-26(45-12-11-30(32,33)34)25(13-18)42-27(43)16-46-29(42)40-28(44)39-23-9-4-20(14-19(23)2)24-15-41(17-38-24)22-7-5-21(6-8-22)31(35,36)37/h3-10,13-15,17H,11-12,16H2,1-2H3,(H,39,44)/b40-29-. The Kier molecular flexibility index (Phi) is 9.15. The number of anilines is 2. The van der Waals surface area contributed by atoms with E-state index in [9.17, 15) is 35.9 Å². The second kappa shape index (κ2) is 12.9. The van der Waals surface area contributed by atoms with Gasteiger partial charge in [0.1, 0.15) is 5.75 Å². The van der Waals surface area contributed by atoms with E-state index in [2.05, 4.69) is 15.3 Å². The molecule has 8 nitrogen and oxygen atoms in total. The van der Waals surface area contributed by atoms with Crippen LogP contribution in [0.1, 0.15) is 23.1 Å². The van der Waals surface area contributed by atoms with Crippen LogP contribution < -0.4 is 15.0 Å². The number of aromatic nitrogens is 2. The maximum absolute atomic E-state index is 12.9. The largest absolute Gasteiger partial charge is 0.491 e. The monoisotopic (exact) mass is 661 g/mol. The maximum atomic E-state index is 12.9. The third kappa shape index (κ3) is 7.70. The summed E-state index contributed by atoms with van der Waals surface area (Å²) in [6.45, 7) is 2.84. The highest BCUT2D eigenvalue weighted by molar-refractivity contribution is 8.15. The molecule has 46 heavy (non-hydrogen) atoms. The van der Waals surface area contributed by atoms with Gasteiger partial charge >= 0.3 is 18.4 Å². The number of aliphatic imine (C=N–C) groups is 1. The Balaban J connectivity index is 1.30. The highest BCUT2D eigenvalue weighted by atomic mass is 32.2. The van der Waals surface area contributed by atoms with Crippen LogP contribution in [0.25, 0.3) is 16.9 Å². The number of amides is 3. The van der Waals surface area contributed by atoms with Crippen molar-refractivity contribution in [3.63, 3.8) is 0 Å². The predicted octanol–water partition coefficient (Wildman–Crippen LogP) is 8.17. The van der Waals surface area contributed by atoms with Crippen LogP contribution in [0.15, 0.2) is 78.2 Å². The number of ether oxygens (including phenoxy) is 1. The van der Waals surface area contributed by atoms with Crippen LogP contribution in [0, 0.1) is 13.8 Å². The Bertz CT molecular complexity index is 1800. The number of carbonyl (C=O) groups is 2. The molecule has 0 saturated carbocycles. The van der Waals surface area contributed by atoms with Crippen molar-refractivity contribution in [2.24, 2.45) is 4.99 Å². The number of alkyl halides is 6. The molecule has 0 unspecified atom stereocenters. The second-order valence-corrected chi connectivity index (χ2v) is 11.2. The molecule has 0 bridgehead atoms. The molecule has 4 aromatic rings. The van der Waals surface area contributed by atoms with E-state index < -0.39 is 42.9 Å². The molecule has 240 valence electrons. The molecule has 3 aromatic carbocycles. The second-order valence-electron chi connectivity index (χ2n) is 10.3. The predicted molar refractivity (Wildman–Crippen MR) is 162 cm³/mol. The normalized spacial score (nSPS) is 14.7. The molecule has 1 fully saturated rings. The van der Waals surface area contributed by atoms with E-state index in [4.69, 9.17) is 4.74 Å². The number of aryl methyl sites for hydroxylation is 2. The summed E-state index contributed by atoms with van der Waals surface area (Å²) in [7, 11) is 0. The number of nitrogens with zero attached hydrogens (tertiary/aromatic N) is 4. The van der Waals surface area contributed by atoms with E-state index >= 15 is 0 Å². The first-order valence-electron chi connectivity index (χ1n) is 13.7. The fourth-order valence-corrected chi connectivity index (χ4v) is 5.37. The minimum Gasteiger partial charge on any atom is -0.491 e. The molecule has 1 aliphatic rings. The van der Waals surface area contributed by atoms with Gasteiger partial charge in [0.2, 0.25) is 5.91 Å². The molecule has 0 aliphatic carbocycles. The van der Waals surface area contributed by atoms with Crippen LogP contribution in [0.4, 0.5) is 42.5 Å². The van der Waals surface area contributed by atoms with Gasteiger partial charge < -0.3 is 14.6 Å². The number of hydrogen-bond donors (Lipinski definition) is 1. The molecule has 1 N–H and O–H groups in total. The molecule has 1 aliphatic heterocycles. The number of carbonyl (C=O) groups excluding carboxylic acids is 2. The lowest BCUT2D eigenvalue weighted by molar-refractivity contribution is -0.139. The number of urea groups is 1. The van der Waals surface area contributed by atoms with Gasteiger partial charge in [-0.25, -0.2) is 9.78 Å². The molecule has 15 heteroatoms. The molecule has 5 rings (SSSR count). The maximum Gasteiger partial charge on any atom is 0.416 e. The van der Waals surface area contributed by atoms with Gasteiger partial charge in [-0.3, -0.25) is 9.69 Å². The van der Waals surface area contributed by atoms with E-state index in [1.165, 1.54) is 24.5 Å². The summed E-state index contributed by atoms with van der Waals surface area (Å²) >= 11 is 1.00. The van der Waals surface area contributed by atoms with Crippen LogP contribution in [0.5, 0.6) is 5.75 Å². The van der Waals surface area contributed by atoms with E-state index in [0.717, 1.165) is 28.8 Å². The average molecular weight is 662 g/mol. The zero-order chi connectivity index (χ0) is 33.2. The van der Waals surface area contributed by atoms with Gasteiger partial charge in [0.25, 0.3) is 0 Å². The van der Waals surface area contributed by atoms with Crippen LogP contribution in [-0.4, -0.2) is 45.2 Å². The zero-order valence-electron chi connectivity index (χ0n) is 24.2. The van der Waals surface area contributed by atoms with Crippen molar-refractivity contribution in [2.45, 2.75) is 32.6 Å². The van der Waals surface area contributed by atoms with Gasteiger partial charge in [0.15, 0.2) is 5.17 Å². The number of benzene rings is 3. The molecular formula is C31H25F6N5O3S. The van der Waals surface area contributed by atoms with Gasteiger partial charge in [-0.1, -0.05) is 23.9 Å². The van der Waals surface area contributed by atoms with Crippen molar-refractivity contribution < 1.29 is 40.7 Å². The Morgan fingerprint density at radius 3 is 2.43 bits per heavy atom. The average Bonchev–Trinajstić information content (AvgIpc) is 3.61. The SMILES string of the molecule is Cc1ccc(OCCC(F)(F)F)c(N2C(=O)CS/C2=N\C(=O)Nc2ccc(-c3cn(-c4ccc(C(F)(F)F)cc4)cn3)cc2C)c1. The molecule has 2 heterocycles. The van der Waals surface area contributed by atoms with Crippen LogP contribution in [-0.2, 0) is 11.0 Å². The van der Waals surface area contributed by atoms with Gasteiger partial charge in [0, 0.05) is 23.1 Å². The number of imidazole rings is 1. The van der Waals surface area contributed by atoms with Gasteiger partial charge in [-0.15, -0.1) is 0 Å². The number of halogens is 6. The van der Waals surface area contributed by atoms with Crippen LogP contribution >= 0.6 is 11.8 Å². The summed E-state index contributed by atoms with van der Waals surface area (Å²) in [5.41, 5.74) is 2.95. The first-order chi connectivity index (χ1) is 21.7. The van der Waals surface area contributed by atoms with Crippen molar-refractivity contribution in [2.75, 3.05) is 22.6 Å². The number of thioether (sulfide) groups is 1. The molecular weight excluding hydrogens is 636 g/mol. The third-order valence-electron chi connectivity index (χ3n) is 6.80. The summed E-state index contributed by atoms with van der Waals surface area (Å²) in [4.78, 5) is 35.3. The first kappa shape index (κ1) is 32.6. The smallest absolute Gasteiger partial charge is 0.416 e. The highest BCUT2D eigenvalue weighted by Crippen LogP contribution is 2.36. The van der Waals surface area contributed by atoms with E-state index in [-0.39, 0.29) is 22.4 Å². The molecule has 0 spiro atoms. The Labute approximate surface area is 263 Å². The first-order valence-corrected chi connectivity index (χ1v) is 14.6. The fourth-order valence-electron chi connectivity index (χ4n) is 4.51. The van der Waals surface area contributed by atoms with Gasteiger partial charge in [-0.05, 0) is 73.5 Å². The van der Waals surface area contributed by atoms with Crippen LogP contribution in [0.3, 0.4) is 0 Å². The molecule has 1 aromatic heterocycles.